The van der Waals surface area contributed by atoms with E-state index >= 15 is 4.79 Å². The van der Waals surface area contributed by atoms with Gasteiger partial charge in [-0.05, 0) is 108 Å². The second-order valence-electron chi connectivity index (χ2n) is 16.3. The van der Waals surface area contributed by atoms with Gasteiger partial charge in [-0.2, -0.15) is 0 Å². The Balaban J connectivity index is 1.09. The quantitative estimate of drug-likeness (QED) is 0.186. The maximum absolute atomic E-state index is 15.4. The Labute approximate surface area is 349 Å². The molecule has 0 radical (unpaired) electrons. The third-order valence-corrected chi connectivity index (χ3v) is 12.7. The van der Waals surface area contributed by atoms with E-state index in [2.05, 4.69) is 29.2 Å². The highest BCUT2D eigenvalue weighted by Crippen LogP contribution is 2.36. The molecule has 0 aliphatic carbocycles. The van der Waals surface area contributed by atoms with Gasteiger partial charge < -0.3 is 38.4 Å². The number of aromatic hydroxyl groups is 1. The molecule has 6 aromatic rings. The number of amides is 3. The van der Waals surface area contributed by atoms with E-state index in [1.54, 1.807) is 41.1 Å². The molecule has 12 nitrogen and oxygen atoms in total. The van der Waals surface area contributed by atoms with Crippen molar-refractivity contribution < 1.29 is 29.0 Å². The Kier molecular flexibility index (Phi) is 10.4. The second-order valence-corrected chi connectivity index (χ2v) is 16.3. The third kappa shape index (κ3) is 7.41. The van der Waals surface area contributed by atoms with Crippen LogP contribution in [0.4, 0.5) is 10.5 Å². The molecule has 3 amide bonds. The fraction of sp³-hybridized carbons (Fsp3) is 0.312. The number of rotatable bonds is 7. The van der Waals surface area contributed by atoms with Gasteiger partial charge in [0.15, 0.2) is 0 Å². The summed E-state index contributed by atoms with van der Waals surface area (Å²) < 4.78 is 15.6. The zero-order valence-electron chi connectivity index (χ0n) is 34.6. The summed E-state index contributed by atoms with van der Waals surface area (Å²) >= 11 is 0. The van der Waals surface area contributed by atoms with Gasteiger partial charge in [-0.25, -0.2) is 4.79 Å². The molecule has 12 heteroatoms. The van der Waals surface area contributed by atoms with Gasteiger partial charge in [0.05, 0.1) is 24.3 Å². The van der Waals surface area contributed by atoms with Crippen molar-refractivity contribution in [2.45, 2.75) is 38.9 Å². The number of hydrogen-bond donors (Lipinski definition) is 1. The van der Waals surface area contributed by atoms with E-state index in [0.29, 0.717) is 55.3 Å². The number of nitrogens with zero attached hydrogens (tertiary/aromatic N) is 6. The first-order chi connectivity index (χ1) is 29.0. The lowest BCUT2D eigenvalue weighted by atomic mass is 9.89. The van der Waals surface area contributed by atoms with Crippen LogP contribution < -0.4 is 9.64 Å². The fourth-order valence-corrected chi connectivity index (χ4v) is 9.00. The number of hydrogen-bond acceptors (Lipinski definition) is 7. The van der Waals surface area contributed by atoms with Gasteiger partial charge >= 0.3 is 6.09 Å². The van der Waals surface area contributed by atoms with E-state index in [-0.39, 0.29) is 30.2 Å². The van der Waals surface area contributed by atoms with Gasteiger partial charge in [-0.15, -0.1) is 0 Å². The molecule has 9 rings (SSSR count). The van der Waals surface area contributed by atoms with E-state index in [0.717, 1.165) is 70.6 Å². The predicted molar refractivity (Wildman–Crippen MR) is 231 cm³/mol. The lowest BCUT2D eigenvalue weighted by molar-refractivity contribution is 0.0193. The van der Waals surface area contributed by atoms with Crippen LogP contribution in [0.15, 0.2) is 97.2 Å². The summed E-state index contributed by atoms with van der Waals surface area (Å²) in [6.07, 6.45) is 2.84. The van der Waals surface area contributed by atoms with Crippen LogP contribution in [0.25, 0.3) is 22.2 Å². The summed E-state index contributed by atoms with van der Waals surface area (Å²) in [6, 6.07) is 28.4. The topological polar surface area (TPSA) is 113 Å². The molecule has 1 N–H and O–H groups in total. The Morgan fingerprint density at radius 2 is 1.60 bits per heavy atom. The number of aryl methyl sites for hydroxylation is 1. The van der Waals surface area contributed by atoms with Gasteiger partial charge in [-0.1, -0.05) is 24.3 Å². The maximum atomic E-state index is 15.4. The molecule has 5 heterocycles. The molecule has 0 bridgehead atoms. The first kappa shape index (κ1) is 39.1. The van der Waals surface area contributed by atoms with Gasteiger partial charge in [0, 0.05) is 107 Å². The second kappa shape index (κ2) is 16.0. The first-order valence-corrected chi connectivity index (χ1v) is 20.6. The van der Waals surface area contributed by atoms with E-state index < -0.39 is 6.09 Å². The van der Waals surface area contributed by atoms with Crippen molar-refractivity contribution in [2.24, 2.45) is 14.1 Å². The molecule has 60 heavy (non-hydrogen) atoms. The van der Waals surface area contributed by atoms with Crippen molar-refractivity contribution in [3.8, 4) is 22.8 Å². The number of anilines is 1. The number of fused-ring (bicyclic) bond motifs is 3. The molecule has 0 saturated carbocycles. The summed E-state index contributed by atoms with van der Waals surface area (Å²) in [6.45, 7) is 6.81. The van der Waals surface area contributed by atoms with Crippen LogP contribution in [0.1, 0.15) is 48.7 Å². The molecule has 3 aliphatic rings. The van der Waals surface area contributed by atoms with E-state index in [1.807, 2.05) is 83.7 Å². The predicted octanol–water partition coefficient (Wildman–Crippen LogP) is 6.93. The fourth-order valence-electron chi connectivity index (χ4n) is 9.00. The van der Waals surface area contributed by atoms with Crippen LogP contribution in [0, 0.1) is 6.92 Å². The number of ether oxygens (including phenoxy) is 2. The molecule has 0 unspecified atom stereocenters. The van der Waals surface area contributed by atoms with Crippen molar-refractivity contribution in [2.75, 3.05) is 51.3 Å². The van der Waals surface area contributed by atoms with Gasteiger partial charge in [0.1, 0.15) is 11.5 Å². The van der Waals surface area contributed by atoms with E-state index in [4.69, 9.17) is 9.47 Å². The number of carbonyl (C=O) groups excluding carboxylic acids is 3. The van der Waals surface area contributed by atoms with E-state index in [9.17, 15) is 14.7 Å². The Morgan fingerprint density at radius 3 is 2.38 bits per heavy atom. The SMILES string of the molecule is Cc1c(C(=O)N(C)c2ccc(O)cc2)cc(-c2cc3c(cc2C(=O)N2Cc4ccccc4C[C@H]2CN2CCOCC2)CN(C(=O)Oc2ccc4ccn(C)c4c2)CC3)n1C. The van der Waals surface area contributed by atoms with Crippen molar-refractivity contribution in [3.05, 3.63) is 136 Å². The number of morpholine rings is 1. The van der Waals surface area contributed by atoms with Crippen LogP contribution in [-0.2, 0) is 44.8 Å². The highest BCUT2D eigenvalue weighted by atomic mass is 16.6. The third-order valence-electron chi connectivity index (χ3n) is 12.7. The normalized spacial score (nSPS) is 16.7. The Bertz CT molecular complexity index is 2620. The zero-order valence-corrected chi connectivity index (χ0v) is 34.6. The highest BCUT2D eigenvalue weighted by molar-refractivity contribution is 6.08. The average Bonchev–Trinajstić information content (AvgIpc) is 3.79. The average molecular weight is 807 g/mol. The molecule has 4 aromatic carbocycles. The highest BCUT2D eigenvalue weighted by Gasteiger charge is 2.35. The number of benzene rings is 4. The van der Waals surface area contributed by atoms with Crippen molar-refractivity contribution in [3.63, 3.8) is 0 Å². The van der Waals surface area contributed by atoms with Gasteiger partial charge in [-0.3, -0.25) is 14.5 Å². The standard InChI is InChI=1S/C48H50N6O6/c1-31-41(46(56)51(4)37-10-12-39(55)13-11-37)27-45(50(31)3)42-24-34-16-18-53(48(58)60-40-14-9-32-15-17-49(2)44(32)26-40)28-36(34)25-43(42)47(57)54-29-35-8-6-5-7-33(35)23-38(54)30-52-19-21-59-22-20-52/h5-15,17,24-27,38,55H,16,18-23,28-30H2,1-4H3/t38-/m0/s1. The summed E-state index contributed by atoms with van der Waals surface area (Å²) in [7, 11) is 5.61. The molecule has 0 spiro atoms. The molecule has 1 fully saturated rings. The van der Waals surface area contributed by atoms with Crippen LogP contribution in [-0.4, -0.2) is 99.3 Å². The molecule has 2 aromatic heterocycles. The first-order valence-electron chi connectivity index (χ1n) is 20.6. The molecular weight excluding hydrogens is 757 g/mol. The number of phenols is 1. The molecule has 1 saturated heterocycles. The summed E-state index contributed by atoms with van der Waals surface area (Å²) in [5, 5.41) is 10.9. The van der Waals surface area contributed by atoms with Crippen LogP contribution in [0.5, 0.6) is 11.5 Å². The molecule has 1 atom stereocenters. The molecule has 308 valence electrons. The molecular formula is C48H50N6O6. The van der Waals surface area contributed by atoms with Gasteiger partial charge in [0.25, 0.3) is 11.8 Å². The van der Waals surface area contributed by atoms with Crippen molar-refractivity contribution in [1.82, 2.24) is 23.8 Å². The lowest BCUT2D eigenvalue weighted by Gasteiger charge is -2.41. The minimum atomic E-state index is -0.441. The lowest BCUT2D eigenvalue weighted by Crippen LogP contribution is -2.52. The largest absolute Gasteiger partial charge is 0.508 e. The van der Waals surface area contributed by atoms with Crippen molar-refractivity contribution in [1.29, 1.82) is 0 Å². The minimum Gasteiger partial charge on any atom is -0.508 e. The number of phenolic OH excluding ortho intramolecular Hbond substituents is 1. The van der Waals surface area contributed by atoms with E-state index in [1.165, 1.54) is 5.56 Å². The monoisotopic (exact) mass is 806 g/mol. The summed E-state index contributed by atoms with van der Waals surface area (Å²) in [5.74, 6) is 0.300. The Hall–Kier alpha value is -6.37. The van der Waals surface area contributed by atoms with Crippen LogP contribution in [0.3, 0.4) is 0 Å². The van der Waals surface area contributed by atoms with Crippen molar-refractivity contribution >= 4 is 34.5 Å². The minimum absolute atomic E-state index is 0.0753. The molecule has 3 aliphatic heterocycles. The summed E-state index contributed by atoms with van der Waals surface area (Å²) in [4.78, 5) is 50.9. The number of aromatic nitrogens is 2. The van der Waals surface area contributed by atoms with Crippen LogP contribution in [0.2, 0.25) is 0 Å². The Morgan fingerprint density at radius 1 is 0.833 bits per heavy atom. The van der Waals surface area contributed by atoms with Gasteiger partial charge in [0.2, 0.25) is 0 Å². The summed E-state index contributed by atoms with van der Waals surface area (Å²) in [5.41, 5.74) is 9.22. The van der Waals surface area contributed by atoms with Crippen LogP contribution >= 0.6 is 0 Å². The maximum Gasteiger partial charge on any atom is 0.415 e. The zero-order chi connectivity index (χ0) is 41.7. The number of carbonyl (C=O) groups is 3. The smallest absolute Gasteiger partial charge is 0.415 e.